The first kappa shape index (κ1) is 24.2. The summed E-state index contributed by atoms with van der Waals surface area (Å²) in [6.45, 7) is 0. The molecular weight excluding hydrogens is 484 g/mol. The molecular formula is C23H22ClF2N5O2S. The maximum absolute atomic E-state index is 13.6. The van der Waals surface area contributed by atoms with Crippen LogP contribution in [0.25, 0.3) is 10.4 Å². The van der Waals surface area contributed by atoms with E-state index in [9.17, 15) is 18.4 Å². The molecule has 4 rings (SSSR count). The predicted molar refractivity (Wildman–Crippen MR) is 126 cm³/mol. The highest BCUT2D eigenvalue weighted by Gasteiger charge is 2.38. The van der Waals surface area contributed by atoms with Gasteiger partial charge in [-0.1, -0.05) is 12.1 Å². The Morgan fingerprint density at radius 1 is 1.12 bits per heavy atom. The van der Waals surface area contributed by atoms with Gasteiger partial charge in [0.2, 0.25) is 17.7 Å². The highest BCUT2D eigenvalue weighted by molar-refractivity contribution is 7.09. The van der Waals surface area contributed by atoms with Crippen LogP contribution in [0.4, 0.5) is 14.5 Å². The number of nitrogens with one attached hydrogen (secondary N) is 1. The lowest BCUT2D eigenvalue weighted by molar-refractivity contribution is -0.127. The molecule has 3 aromatic rings. The Morgan fingerprint density at radius 3 is 2.44 bits per heavy atom. The lowest BCUT2D eigenvalue weighted by atomic mass is 9.92. The van der Waals surface area contributed by atoms with E-state index in [1.54, 1.807) is 24.4 Å². The maximum atomic E-state index is 13.6. The minimum atomic E-state index is -2.71. The SMILES string of the molecule is O=C(NC1CCC(F)(F)CC1)[C@H](c1ccnnc1)N(C(=O)CCl)c1ccc(-c2ccns2)cc1. The molecule has 1 aliphatic rings. The van der Waals surface area contributed by atoms with Crippen LogP contribution in [0.2, 0.25) is 0 Å². The molecule has 0 bridgehead atoms. The highest BCUT2D eigenvalue weighted by atomic mass is 35.5. The van der Waals surface area contributed by atoms with Crippen molar-refractivity contribution in [1.29, 1.82) is 0 Å². The molecule has 1 aromatic carbocycles. The van der Waals surface area contributed by atoms with Crippen molar-refractivity contribution < 1.29 is 18.4 Å². The van der Waals surface area contributed by atoms with Crippen LogP contribution in [0, 0.1) is 0 Å². The number of carbonyl (C=O) groups is 2. The highest BCUT2D eigenvalue weighted by Crippen LogP contribution is 2.34. The molecule has 2 amide bonds. The van der Waals surface area contributed by atoms with Gasteiger partial charge in [0.15, 0.2) is 0 Å². The van der Waals surface area contributed by atoms with Crippen molar-refractivity contribution in [1.82, 2.24) is 19.9 Å². The van der Waals surface area contributed by atoms with E-state index in [1.165, 1.54) is 28.8 Å². The fourth-order valence-corrected chi connectivity index (χ4v) is 4.72. The molecule has 0 spiro atoms. The van der Waals surface area contributed by atoms with Crippen LogP contribution in [0.5, 0.6) is 0 Å². The molecule has 0 saturated heterocycles. The smallest absolute Gasteiger partial charge is 0.248 e. The van der Waals surface area contributed by atoms with Crippen molar-refractivity contribution in [3.63, 3.8) is 0 Å². The van der Waals surface area contributed by atoms with Crippen LogP contribution in [0.1, 0.15) is 37.3 Å². The van der Waals surface area contributed by atoms with Crippen molar-refractivity contribution in [2.24, 2.45) is 0 Å². The molecule has 1 fully saturated rings. The van der Waals surface area contributed by atoms with Crippen molar-refractivity contribution in [2.45, 2.75) is 43.7 Å². The third-order valence-corrected chi connectivity index (χ3v) is 6.77. The Bertz CT molecular complexity index is 1110. The van der Waals surface area contributed by atoms with Crippen LogP contribution in [0.15, 0.2) is 55.0 Å². The Morgan fingerprint density at radius 2 is 1.85 bits per heavy atom. The topological polar surface area (TPSA) is 88.1 Å². The van der Waals surface area contributed by atoms with Gasteiger partial charge in [0.25, 0.3) is 0 Å². The van der Waals surface area contributed by atoms with Crippen molar-refractivity contribution in [3.05, 3.63) is 60.6 Å². The number of alkyl halides is 3. The first-order chi connectivity index (χ1) is 16.4. The zero-order valence-corrected chi connectivity index (χ0v) is 19.6. The normalized spacial score (nSPS) is 16.6. The molecule has 1 aliphatic carbocycles. The van der Waals surface area contributed by atoms with E-state index in [0.29, 0.717) is 11.3 Å². The van der Waals surface area contributed by atoms with Gasteiger partial charge in [0.1, 0.15) is 11.9 Å². The number of hydrogen-bond acceptors (Lipinski definition) is 6. The van der Waals surface area contributed by atoms with Crippen LogP contribution < -0.4 is 10.2 Å². The van der Waals surface area contributed by atoms with Crippen LogP contribution in [-0.2, 0) is 9.59 Å². The van der Waals surface area contributed by atoms with Crippen LogP contribution >= 0.6 is 23.1 Å². The number of carbonyl (C=O) groups excluding carboxylic acids is 2. The van der Waals surface area contributed by atoms with Gasteiger partial charge in [-0.15, -0.1) is 11.6 Å². The summed E-state index contributed by atoms with van der Waals surface area (Å²) in [5.41, 5.74) is 1.81. The first-order valence-corrected chi connectivity index (χ1v) is 12.0. The number of benzene rings is 1. The molecule has 2 aromatic heterocycles. The van der Waals surface area contributed by atoms with E-state index in [2.05, 4.69) is 19.9 Å². The van der Waals surface area contributed by atoms with Crippen LogP contribution in [-0.4, -0.2) is 44.2 Å². The second-order valence-electron chi connectivity index (χ2n) is 8.04. The van der Waals surface area contributed by atoms with E-state index in [1.807, 2.05) is 18.2 Å². The fourth-order valence-electron chi connectivity index (χ4n) is 4.00. The summed E-state index contributed by atoms with van der Waals surface area (Å²) >= 11 is 7.27. The summed E-state index contributed by atoms with van der Waals surface area (Å²) in [4.78, 5) is 28.7. The third kappa shape index (κ3) is 5.56. The Hall–Kier alpha value is -2.98. The number of anilines is 1. The molecule has 1 saturated carbocycles. The fraction of sp³-hybridized carbons (Fsp3) is 0.348. The molecule has 7 nitrogen and oxygen atoms in total. The summed E-state index contributed by atoms with van der Waals surface area (Å²) in [6, 6.07) is 9.09. The van der Waals surface area contributed by atoms with Gasteiger partial charge in [-0.2, -0.15) is 10.2 Å². The number of aromatic nitrogens is 3. The predicted octanol–water partition coefficient (Wildman–Crippen LogP) is 4.61. The van der Waals surface area contributed by atoms with E-state index >= 15 is 0 Å². The van der Waals surface area contributed by atoms with Gasteiger partial charge >= 0.3 is 0 Å². The van der Waals surface area contributed by atoms with Crippen molar-refractivity contribution in [3.8, 4) is 10.4 Å². The molecule has 0 radical (unpaired) electrons. The second-order valence-corrected chi connectivity index (χ2v) is 9.14. The Balaban J connectivity index is 1.65. The van der Waals surface area contributed by atoms with Crippen molar-refractivity contribution >= 4 is 40.6 Å². The average molecular weight is 506 g/mol. The number of amides is 2. The number of rotatable bonds is 7. The van der Waals surface area contributed by atoms with E-state index < -0.39 is 29.8 Å². The number of nitrogens with zero attached hydrogens (tertiary/aromatic N) is 4. The van der Waals surface area contributed by atoms with E-state index in [-0.39, 0.29) is 31.6 Å². The molecule has 1 N–H and O–H groups in total. The second kappa shape index (κ2) is 10.5. The minimum absolute atomic E-state index is 0.160. The minimum Gasteiger partial charge on any atom is -0.351 e. The van der Waals surface area contributed by atoms with Gasteiger partial charge in [0.05, 0.1) is 11.1 Å². The zero-order chi connectivity index (χ0) is 24.1. The lowest BCUT2D eigenvalue weighted by Gasteiger charge is -2.34. The summed E-state index contributed by atoms with van der Waals surface area (Å²) in [7, 11) is 0. The van der Waals surface area contributed by atoms with Crippen molar-refractivity contribution in [2.75, 3.05) is 10.8 Å². The molecule has 2 heterocycles. The number of hydrogen-bond donors (Lipinski definition) is 1. The van der Waals surface area contributed by atoms with E-state index in [0.717, 1.165) is 10.4 Å². The largest absolute Gasteiger partial charge is 0.351 e. The molecule has 34 heavy (non-hydrogen) atoms. The van der Waals surface area contributed by atoms with Gasteiger partial charge in [-0.3, -0.25) is 14.5 Å². The molecule has 11 heteroatoms. The Labute approximate surface area is 204 Å². The van der Waals surface area contributed by atoms with Gasteiger partial charge in [-0.25, -0.2) is 13.2 Å². The van der Waals surface area contributed by atoms with Gasteiger partial charge in [0, 0.05) is 42.5 Å². The molecule has 0 unspecified atom stereocenters. The zero-order valence-electron chi connectivity index (χ0n) is 18.0. The quantitative estimate of drug-likeness (QED) is 0.474. The Kier molecular flexibility index (Phi) is 7.47. The summed E-state index contributed by atoms with van der Waals surface area (Å²) in [5.74, 6) is -4.04. The van der Waals surface area contributed by atoms with Gasteiger partial charge < -0.3 is 5.32 Å². The standard InChI is InChI=1S/C23H22ClF2N5O2S/c24-13-20(32)31(18-3-1-15(2-4-18)19-8-12-29-34-19)21(16-7-11-27-28-14-16)22(33)30-17-5-9-23(25,26)10-6-17/h1-4,7-8,11-12,14,17,21H,5-6,9-10,13H2,(H,30,33)/t21-/m0/s1. The van der Waals surface area contributed by atoms with Gasteiger partial charge in [-0.05, 0) is 54.2 Å². The third-order valence-electron chi connectivity index (χ3n) is 5.74. The molecule has 1 atom stereocenters. The van der Waals surface area contributed by atoms with E-state index in [4.69, 9.17) is 11.6 Å². The molecule has 178 valence electrons. The summed E-state index contributed by atoms with van der Waals surface area (Å²) in [5, 5.41) is 10.5. The number of halogens is 3. The summed E-state index contributed by atoms with van der Waals surface area (Å²) < 4.78 is 31.3. The van der Waals surface area contributed by atoms with Crippen LogP contribution in [0.3, 0.4) is 0 Å². The summed E-state index contributed by atoms with van der Waals surface area (Å²) in [6.07, 6.45) is 4.27. The maximum Gasteiger partial charge on any atom is 0.248 e. The lowest BCUT2D eigenvalue weighted by Crippen LogP contribution is -2.48. The molecule has 0 aliphatic heterocycles. The first-order valence-electron chi connectivity index (χ1n) is 10.7. The monoisotopic (exact) mass is 505 g/mol. The average Bonchev–Trinajstić information content (AvgIpc) is 3.39.